The normalized spacial score (nSPS) is 10.2. The minimum Gasteiger partial charge on any atom is -0.408 e. The van der Waals surface area contributed by atoms with Gasteiger partial charge in [-0.25, -0.2) is 4.79 Å². The van der Waals surface area contributed by atoms with Crippen LogP contribution < -0.4 is 5.76 Å². The summed E-state index contributed by atoms with van der Waals surface area (Å²) in [6.07, 6.45) is 1.26. The van der Waals surface area contributed by atoms with Crippen LogP contribution in [0.5, 0.6) is 0 Å². The molecule has 2 aromatic heterocycles. The van der Waals surface area contributed by atoms with Gasteiger partial charge in [-0.05, 0) is 18.2 Å². The number of fused-ring (bicyclic) bond motifs is 1. The molecule has 2 heterocycles. The first kappa shape index (κ1) is 12.1. The Hall–Kier alpha value is -2.37. The summed E-state index contributed by atoms with van der Waals surface area (Å²) in [5.74, 6) is 0.0933. The Morgan fingerprint density at radius 1 is 1.28 bits per heavy atom. The molecule has 0 saturated heterocycles. The lowest BCUT2D eigenvalue weighted by atomic mass is 10.2. The van der Waals surface area contributed by atoms with Crippen molar-refractivity contribution in [1.29, 1.82) is 0 Å². The van der Waals surface area contributed by atoms with Crippen molar-refractivity contribution < 1.29 is 8.94 Å². The monoisotopic (exact) mass is 247 g/mol. The first-order valence-electron chi connectivity index (χ1n) is 5.62. The van der Waals surface area contributed by atoms with Crippen molar-refractivity contribution in [2.75, 3.05) is 0 Å². The molecule has 0 aliphatic heterocycles. The molecule has 0 fully saturated rings. The molecule has 0 amide bonds. The van der Waals surface area contributed by atoms with Gasteiger partial charge in [-0.3, -0.25) is 4.57 Å². The molecule has 94 valence electrons. The summed E-state index contributed by atoms with van der Waals surface area (Å²) in [6, 6.07) is 5.27. The van der Waals surface area contributed by atoms with Crippen LogP contribution in [0, 0.1) is 0 Å². The third-order valence-corrected chi connectivity index (χ3v) is 2.41. The second-order valence-electron chi connectivity index (χ2n) is 3.36. The van der Waals surface area contributed by atoms with Crippen molar-refractivity contribution in [1.82, 2.24) is 14.7 Å². The first-order chi connectivity index (χ1) is 8.75. The zero-order chi connectivity index (χ0) is 13.1. The zero-order valence-corrected chi connectivity index (χ0v) is 10.4. The van der Waals surface area contributed by atoms with E-state index in [0.717, 1.165) is 5.56 Å². The number of hydrogen-bond donors (Lipinski definition) is 0. The van der Waals surface area contributed by atoms with Gasteiger partial charge in [0.1, 0.15) is 0 Å². The van der Waals surface area contributed by atoms with Crippen molar-refractivity contribution in [3.63, 3.8) is 0 Å². The smallest absolute Gasteiger partial charge is 0.408 e. The second-order valence-corrected chi connectivity index (χ2v) is 3.36. The van der Waals surface area contributed by atoms with Crippen molar-refractivity contribution in [3.05, 3.63) is 35.1 Å². The summed E-state index contributed by atoms with van der Waals surface area (Å²) in [5.41, 5.74) is 2.02. The summed E-state index contributed by atoms with van der Waals surface area (Å²) in [7, 11) is 1.65. The molecule has 0 spiro atoms. The molecular weight excluding hydrogens is 234 g/mol. The van der Waals surface area contributed by atoms with Crippen LogP contribution in [0.4, 0.5) is 0 Å². The SMILES string of the molecule is CC.Cn1c(=O)oc2ccc(-c3ncon3)cc21. The fourth-order valence-corrected chi connectivity index (χ4v) is 1.56. The van der Waals surface area contributed by atoms with Crippen LogP contribution >= 0.6 is 0 Å². The molecule has 0 aliphatic carbocycles. The van der Waals surface area contributed by atoms with Gasteiger partial charge in [0.2, 0.25) is 12.2 Å². The Morgan fingerprint density at radius 2 is 2.06 bits per heavy atom. The minimum atomic E-state index is -0.389. The highest BCUT2D eigenvalue weighted by atomic mass is 16.5. The van der Waals surface area contributed by atoms with E-state index in [0.29, 0.717) is 16.9 Å². The van der Waals surface area contributed by atoms with Crippen LogP contribution in [0.25, 0.3) is 22.5 Å². The lowest BCUT2D eigenvalue weighted by molar-refractivity contribution is 0.419. The molecule has 6 nitrogen and oxygen atoms in total. The molecule has 0 atom stereocenters. The molecule has 3 aromatic rings. The van der Waals surface area contributed by atoms with Gasteiger partial charge in [-0.2, -0.15) is 4.98 Å². The van der Waals surface area contributed by atoms with E-state index < -0.39 is 0 Å². The van der Waals surface area contributed by atoms with Gasteiger partial charge in [-0.1, -0.05) is 19.0 Å². The Labute approximate surface area is 103 Å². The molecule has 0 N–H and O–H groups in total. The number of oxazole rings is 1. The van der Waals surface area contributed by atoms with Crippen LogP contribution in [0.3, 0.4) is 0 Å². The molecule has 0 bridgehead atoms. The van der Waals surface area contributed by atoms with Gasteiger partial charge < -0.3 is 8.94 Å². The summed E-state index contributed by atoms with van der Waals surface area (Å²) >= 11 is 0. The minimum absolute atomic E-state index is 0.389. The lowest BCUT2D eigenvalue weighted by Crippen LogP contribution is -2.08. The fourth-order valence-electron chi connectivity index (χ4n) is 1.56. The van der Waals surface area contributed by atoms with Gasteiger partial charge in [-0.15, -0.1) is 0 Å². The Balaban J connectivity index is 0.000000574. The summed E-state index contributed by atoms with van der Waals surface area (Å²) in [4.78, 5) is 15.2. The molecule has 6 heteroatoms. The molecule has 3 rings (SSSR count). The largest absolute Gasteiger partial charge is 0.419 e. The molecular formula is C12H13N3O3. The summed E-state index contributed by atoms with van der Waals surface area (Å²) < 4.78 is 11.1. The van der Waals surface area contributed by atoms with E-state index in [4.69, 9.17) is 4.42 Å². The molecule has 0 radical (unpaired) electrons. The highest BCUT2D eigenvalue weighted by molar-refractivity contribution is 5.78. The predicted molar refractivity (Wildman–Crippen MR) is 66.1 cm³/mol. The number of hydrogen-bond acceptors (Lipinski definition) is 5. The summed E-state index contributed by atoms with van der Waals surface area (Å²) in [6.45, 7) is 4.00. The van der Waals surface area contributed by atoms with E-state index in [2.05, 4.69) is 14.7 Å². The topological polar surface area (TPSA) is 74.1 Å². The zero-order valence-electron chi connectivity index (χ0n) is 10.4. The molecule has 0 unspecified atom stereocenters. The van der Waals surface area contributed by atoms with Crippen molar-refractivity contribution in [2.45, 2.75) is 13.8 Å². The third kappa shape index (κ3) is 1.92. The van der Waals surface area contributed by atoms with Crippen LogP contribution in [0.2, 0.25) is 0 Å². The number of benzene rings is 1. The third-order valence-electron chi connectivity index (χ3n) is 2.41. The quantitative estimate of drug-likeness (QED) is 0.659. The van der Waals surface area contributed by atoms with Crippen LogP contribution in [0.1, 0.15) is 13.8 Å². The van der Waals surface area contributed by atoms with Gasteiger partial charge in [0.15, 0.2) is 5.58 Å². The van der Waals surface area contributed by atoms with Crippen molar-refractivity contribution in [3.8, 4) is 11.4 Å². The molecule has 1 aromatic carbocycles. The molecule has 0 aliphatic rings. The maximum absolute atomic E-state index is 11.3. The number of aromatic nitrogens is 3. The Morgan fingerprint density at radius 3 is 2.72 bits per heavy atom. The van der Waals surface area contributed by atoms with E-state index in [1.54, 1.807) is 25.2 Å². The van der Waals surface area contributed by atoms with E-state index in [1.807, 2.05) is 13.8 Å². The highest BCUT2D eigenvalue weighted by Gasteiger charge is 2.09. The standard InChI is InChI=1S/C10H7N3O3.C2H6/c1-13-7-4-6(9-11-5-15-12-9)2-3-8(7)16-10(13)14;1-2/h2-5H,1H3;1-2H3. The average Bonchev–Trinajstić information content (AvgIpc) is 3.02. The lowest BCUT2D eigenvalue weighted by Gasteiger charge is -1.95. The maximum Gasteiger partial charge on any atom is 0.419 e. The summed E-state index contributed by atoms with van der Waals surface area (Å²) in [5, 5.41) is 3.73. The van der Waals surface area contributed by atoms with E-state index in [1.165, 1.54) is 11.0 Å². The van der Waals surface area contributed by atoms with Crippen molar-refractivity contribution >= 4 is 11.1 Å². The van der Waals surface area contributed by atoms with Gasteiger partial charge >= 0.3 is 5.76 Å². The van der Waals surface area contributed by atoms with Gasteiger partial charge in [0.05, 0.1) is 5.52 Å². The van der Waals surface area contributed by atoms with E-state index >= 15 is 0 Å². The maximum atomic E-state index is 11.3. The van der Waals surface area contributed by atoms with Crippen LogP contribution in [0.15, 0.2) is 38.3 Å². The van der Waals surface area contributed by atoms with Crippen molar-refractivity contribution in [2.24, 2.45) is 7.05 Å². The van der Waals surface area contributed by atoms with Crippen LogP contribution in [-0.4, -0.2) is 14.7 Å². The second kappa shape index (κ2) is 4.87. The van der Waals surface area contributed by atoms with Gasteiger partial charge in [0.25, 0.3) is 0 Å². The Kier molecular flexibility index (Phi) is 3.27. The highest BCUT2D eigenvalue weighted by Crippen LogP contribution is 2.20. The predicted octanol–water partition coefficient (Wildman–Crippen LogP) is 2.21. The average molecular weight is 247 g/mol. The van der Waals surface area contributed by atoms with Crippen LogP contribution in [-0.2, 0) is 7.05 Å². The molecule has 0 saturated carbocycles. The number of nitrogens with zero attached hydrogens (tertiary/aromatic N) is 3. The fraction of sp³-hybridized carbons (Fsp3) is 0.250. The molecule has 18 heavy (non-hydrogen) atoms. The Bertz CT molecular complexity index is 695. The van der Waals surface area contributed by atoms with Gasteiger partial charge in [0, 0.05) is 12.6 Å². The first-order valence-corrected chi connectivity index (χ1v) is 5.62. The van der Waals surface area contributed by atoms with E-state index in [-0.39, 0.29) is 5.76 Å². The van der Waals surface area contributed by atoms with E-state index in [9.17, 15) is 4.79 Å². The number of aryl methyl sites for hydroxylation is 1. The number of rotatable bonds is 1.